The number of carbonyl (C=O) groups excluding carboxylic acids is 1. The average molecular weight is 342 g/mol. The Labute approximate surface area is 134 Å². The Morgan fingerprint density at radius 2 is 1.86 bits per heavy atom. The van der Waals surface area contributed by atoms with Crippen LogP contribution in [0.3, 0.4) is 0 Å². The van der Waals surface area contributed by atoms with Gasteiger partial charge in [0, 0.05) is 27.2 Å². The van der Waals surface area contributed by atoms with Gasteiger partial charge in [0.1, 0.15) is 0 Å². The molecular formula is C13H28ClN3O3S. The number of hydrogen-bond donors (Lipinski definition) is 1. The minimum atomic E-state index is -3.53. The second kappa shape index (κ2) is 8.92. The summed E-state index contributed by atoms with van der Waals surface area (Å²) in [6, 6.07) is 0. The highest BCUT2D eigenvalue weighted by molar-refractivity contribution is 7.90. The minimum absolute atomic E-state index is 0. The summed E-state index contributed by atoms with van der Waals surface area (Å²) in [7, 11) is -0.368. The maximum Gasteiger partial charge on any atom is 0.241 e. The van der Waals surface area contributed by atoms with Gasteiger partial charge < -0.3 is 10.2 Å². The summed E-state index contributed by atoms with van der Waals surface area (Å²) in [6.45, 7) is 6.45. The third kappa shape index (κ3) is 5.39. The molecule has 126 valence electrons. The number of carbonyl (C=O) groups is 1. The van der Waals surface area contributed by atoms with E-state index in [1.165, 1.54) is 16.1 Å². The molecule has 6 nitrogen and oxygen atoms in total. The highest BCUT2D eigenvalue weighted by Crippen LogP contribution is 2.21. The number of nitrogens with zero attached hydrogens (tertiary/aromatic N) is 2. The first-order valence-corrected chi connectivity index (χ1v) is 8.71. The van der Waals surface area contributed by atoms with Crippen LogP contribution in [0.5, 0.6) is 0 Å². The molecule has 1 rings (SSSR count). The van der Waals surface area contributed by atoms with Gasteiger partial charge >= 0.3 is 0 Å². The van der Waals surface area contributed by atoms with Gasteiger partial charge in [-0.15, -0.1) is 12.4 Å². The molecule has 0 saturated carbocycles. The fraction of sp³-hybridized carbons (Fsp3) is 0.923. The van der Waals surface area contributed by atoms with Crippen molar-refractivity contribution in [2.24, 2.45) is 5.92 Å². The Kier molecular flexibility index (Phi) is 8.77. The van der Waals surface area contributed by atoms with E-state index in [-0.39, 0.29) is 18.3 Å². The molecule has 1 heterocycles. The summed E-state index contributed by atoms with van der Waals surface area (Å²) in [5, 5.41) is 2.30. The van der Waals surface area contributed by atoms with Gasteiger partial charge in [-0.25, -0.2) is 12.7 Å². The highest BCUT2D eigenvalue weighted by atomic mass is 35.5. The largest absolute Gasteiger partial charge is 0.348 e. The van der Waals surface area contributed by atoms with E-state index in [4.69, 9.17) is 0 Å². The van der Waals surface area contributed by atoms with E-state index < -0.39 is 15.3 Å². The molecule has 0 aromatic rings. The Hall–Kier alpha value is -0.370. The van der Waals surface area contributed by atoms with E-state index in [1.807, 2.05) is 0 Å². The van der Waals surface area contributed by atoms with Crippen molar-refractivity contribution in [1.82, 2.24) is 14.5 Å². The number of halogens is 1. The molecule has 1 unspecified atom stereocenters. The van der Waals surface area contributed by atoms with Crippen LogP contribution in [0.2, 0.25) is 0 Å². The van der Waals surface area contributed by atoms with E-state index in [9.17, 15) is 13.2 Å². The predicted octanol–water partition coefficient (Wildman–Crippen LogP) is 0.536. The summed E-state index contributed by atoms with van der Waals surface area (Å²) in [5.41, 5.74) is 0. The number of amides is 1. The van der Waals surface area contributed by atoms with Gasteiger partial charge in [-0.05, 0) is 38.8 Å². The van der Waals surface area contributed by atoms with Crippen LogP contribution in [0.25, 0.3) is 0 Å². The molecule has 1 saturated heterocycles. The molecule has 0 bridgehead atoms. The molecular weight excluding hydrogens is 314 g/mol. The molecule has 0 spiro atoms. The van der Waals surface area contributed by atoms with E-state index in [2.05, 4.69) is 12.2 Å². The Morgan fingerprint density at radius 3 is 2.29 bits per heavy atom. The summed E-state index contributed by atoms with van der Waals surface area (Å²) in [4.78, 5) is 13.2. The second-order valence-corrected chi connectivity index (χ2v) is 7.82. The van der Waals surface area contributed by atoms with E-state index >= 15 is 0 Å². The fourth-order valence-corrected chi connectivity index (χ4v) is 4.06. The lowest BCUT2D eigenvalue weighted by molar-refractivity contribution is -0.128. The summed E-state index contributed by atoms with van der Waals surface area (Å²) >= 11 is 0. The van der Waals surface area contributed by atoms with Crippen molar-refractivity contribution in [3.8, 4) is 0 Å². The van der Waals surface area contributed by atoms with Gasteiger partial charge in [0.25, 0.3) is 0 Å². The molecule has 0 aromatic carbocycles. The third-order valence-corrected chi connectivity index (χ3v) is 6.03. The predicted molar refractivity (Wildman–Crippen MR) is 87.2 cm³/mol. The van der Waals surface area contributed by atoms with Crippen molar-refractivity contribution >= 4 is 28.3 Å². The smallest absolute Gasteiger partial charge is 0.241 e. The SMILES string of the molecule is CCNCC1CCN(S(=O)(=O)C(C)C(=O)N(C)C)CC1.Cl. The van der Waals surface area contributed by atoms with Crippen molar-refractivity contribution in [3.63, 3.8) is 0 Å². The maximum absolute atomic E-state index is 12.4. The van der Waals surface area contributed by atoms with Crippen molar-refractivity contribution in [1.29, 1.82) is 0 Å². The van der Waals surface area contributed by atoms with Gasteiger partial charge in [0.05, 0.1) is 0 Å². The Morgan fingerprint density at radius 1 is 1.33 bits per heavy atom. The van der Waals surface area contributed by atoms with Crippen LogP contribution in [0.15, 0.2) is 0 Å². The molecule has 8 heteroatoms. The monoisotopic (exact) mass is 341 g/mol. The molecule has 1 fully saturated rings. The van der Waals surface area contributed by atoms with Crippen molar-refractivity contribution in [3.05, 3.63) is 0 Å². The minimum Gasteiger partial charge on any atom is -0.348 e. The normalized spacial score (nSPS) is 18.9. The summed E-state index contributed by atoms with van der Waals surface area (Å²) < 4.78 is 26.3. The number of rotatable bonds is 6. The molecule has 0 radical (unpaired) electrons. The van der Waals surface area contributed by atoms with Crippen molar-refractivity contribution in [2.75, 3.05) is 40.3 Å². The first-order valence-electron chi connectivity index (χ1n) is 7.21. The van der Waals surface area contributed by atoms with Crippen LogP contribution in [-0.4, -0.2) is 69.1 Å². The molecule has 1 aliphatic heterocycles. The molecule has 1 N–H and O–H groups in total. The number of hydrogen-bond acceptors (Lipinski definition) is 4. The quantitative estimate of drug-likeness (QED) is 0.765. The van der Waals surface area contributed by atoms with Crippen LogP contribution in [0.1, 0.15) is 26.7 Å². The Bertz CT molecular complexity index is 420. The van der Waals surface area contributed by atoms with Gasteiger partial charge in [-0.2, -0.15) is 0 Å². The lowest BCUT2D eigenvalue weighted by Gasteiger charge is -2.33. The maximum atomic E-state index is 12.4. The lowest BCUT2D eigenvalue weighted by Crippen LogP contribution is -2.48. The zero-order valence-electron chi connectivity index (χ0n) is 13.3. The first-order chi connectivity index (χ1) is 9.30. The molecule has 0 aromatic heterocycles. The zero-order chi connectivity index (χ0) is 15.3. The third-order valence-electron chi connectivity index (χ3n) is 3.85. The van der Waals surface area contributed by atoms with Gasteiger partial charge in [-0.3, -0.25) is 4.79 Å². The van der Waals surface area contributed by atoms with Crippen molar-refractivity contribution in [2.45, 2.75) is 31.9 Å². The van der Waals surface area contributed by atoms with Crippen LogP contribution < -0.4 is 5.32 Å². The van der Waals surface area contributed by atoms with Crippen molar-refractivity contribution < 1.29 is 13.2 Å². The summed E-state index contributed by atoms with van der Waals surface area (Å²) in [5.74, 6) is 0.168. The highest BCUT2D eigenvalue weighted by Gasteiger charge is 2.36. The lowest BCUT2D eigenvalue weighted by atomic mass is 9.98. The van der Waals surface area contributed by atoms with Gasteiger partial charge in [0.15, 0.2) is 5.25 Å². The van der Waals surface area contributed by atoms with E-state index in [0.29, 0.717) is 19.0 Å². The van der Waals surface area contributed by atoms with Crippen LogP contribution in [-0.2, 0) is 14.8 Å². The molecule has 0 aliphatic carbocycles. The van der Waals surface area contributed by atoms with Crippen LogP contribution in [0, 0.1) is 5.92 Å². The zero-order valence-corrected chi connectivity index (χ0v) is 15.0. The van der Waals surface area contributed by atoms with E-state index in [1.54, 1.807) is 14.1 Å². The first kappa shape index (κ1) is 20.6. The second-order valence-electron chi connectivity index (χ2n) is 5.57. The average Bonchev–Trinajstić information content (AvgIpc) is 2.43. The number of sulfonamides is 1. The molecule has 21 heavy (non-hydrogen) atoms. The fourth-order valence-electron chi connectivity index (χ4n) is 2.43. The van der Waals surface area contributed by atoms with Gasteiger partial charge in [0.2, 0.25) is 15.9 Å². The number of nitrogens with one attached hydrogen (secondary N) is 1. The topological polar surface area (TPSA) is 69.7 Å². The Balaban J connectivity index is 0.00000400. The molecule has 1 atom stereocenters. The van der Waals surface area contributed by atoms with Crippen LogP contribution >= 0.6 is 12.4 Å². The molecule has 1 aliphatic rings. The van der Waals surface area contributed by atoms with Crippen LogP contribution in [0.4, 0.5) is 0 Å². The molecule has 1 amide bonds. The van der Waals surface area contributed by atoms with E-state index in [0.717, 1.165) is 25.9 Å². The van der Waals surface area contributed by atoms with Gasteiger partial charge in [-0.1, -0.05) is 6.92 Å². The standard InChI is InChI=1S/C13H27N3O3S.ClH/c1-5-14-10-12-6-8-16(9-7-12)20(18,19)11(2)13(17)15(3)4;/h11-12,14H,5-10H2,1-4H3;1H. The summed E-state index contributed by atoms with van der Waals surface area (Å²) in [6.07, 6.45) is 1.71. The number of piperidine rings is 1.